The number of carbonyl (C=O) groups is 1. The van der Waals surface area contributed by atoms with Crippen molar-refractivity contribution in [3.63, 3.8) is 0 Å². The minimum atomic E-state index is 0.0504. The summed E-state index contributed by atoms with van der Waals surface area (Å²) in [5, 5.41) is 3.25. The van der Waals surface area contributed by atoms with Crippen LogP contribution in [0.3, 0.4) is 0 Å². The molecule has 0 atom stereocenters. The fraction of sp³-hybridized carbons (Fsp3) is 0.353. The van der Waals surface area contributed by atoms with Crippen molar-refractivity contribution in [2.75, 3.05) is 43.4 Å². The van der Waals surface area contributed by atoms with E-state index in [9.17, 15) is 4.79 Å². The van der Waals surface area contributed by atoms with Gasteiger partial charge in [0.05, 0.1) is 0 Å². The molecule has 1 fully saturated rings. The van der Waals surface area contributed by atoms with Gasteiger partial charge in [-0.3, -0.25) is 4.79 Å². The topological polar surface area (TPSA) is 61.4 Å². The Kier molecular flexibility index (Phi) is 4.52. The molecule has 120 valence electrons. The van der Waals surface area contributed by atoms with E-state index >= 15 is 0 Å². The maximum Gasteiger partial charge on any atom is 0.159 e. The summed E-state index contributed by atoms with van der Waals surface area (Å²) in [6.07, 6.45) is 1.57. The quantitative estimate of drug-likeness (QED) is 0.873. The van der Waals surface area contributed by atoms with Gasteiger partial charge in [0, 0.05) is 43.5 Å². The Labute approximate surface area is 136 Å². The van der Waals surface area contributed by atoms with Gasteiger partial charge in [0.2, 0.25) is 0 Å². The molecule has 0 unspecified atom stereocenters. The molecule has 0 aliphatic carbocycles. The van der Waals surface area contributed by atoms with Crippen LogP contribution in [-0.4, -0.2) is 53.9 Å². The molecule has 1 aromatic carbocycles. The van der Waals surface area contributed by atoms with Crippen LogP contribution in [0.15, 0.2) is 36.7 Å². The van der Waals surface area contributed by atoms with Gasteiger partial charge in [-0.15, -0.1) is 0 Å². The number of likely N-dealkylation sites (N-methyl/N-ethyl adjacent to an activating group) is 1. The molecule has 1 aromatic heterocycles. The van der Waals surface area contributed by atoms with Crippen LogP contribution in [0, 0.1) is 0 Å². The molecule has 3 rings (SSSR count). The first-order valence-corrected chi connectivity index (χ1v) is 7.75. The Morgan fingerprint density at radius 1 is 1.13 bits per heavy atom. The molecule has 0 spiro atoms. The van der Waals surface area contributed by atoms with Crippen LogP contribution >= 0.6 is 0 Å². The lowest BCUT2D eigenvalue weighted by atomic mass is 10.1. The third-order valence-corrected chi connectivity index (χ3v) is 4.02. The Morgan fingerprint density at radius 2 is 1.91 bits per heavy atom. The Hall–Kier alpha value is -2.47. The van der Waals surface area contributed by atoms with Crippen molar-refractivity contribution in [2.45, 2.75) is 6.92 Å². The second-order valence-electron chi connectivity index (χ2n) is 5.81. The molecule has 0 saturated carbocycles. The summed E-state index contributed by atoms with van der Waals surface area (Å²) in [6.45, 7) is 5.57. The van der Waals surface area contributed by atoms with E-state index in [1.165, 1.54) is 0 Å². The highest BCUT2D eigenvalue weighted by Gasteiger charge is 2.15. The number of ketones is 1. The Bertz CT molecular complexity index is 695. The van der Waals surface area contributed by atoms with Crippen molar-refractivity contribution in [2.24, 2.45) is 0 Å². The third kappa shape index (κ3) is 3.84. The molecule has 2 aromatic rings. The van der Waals surface area contributed by atoms with Crippen LogP contribution in [0.25, 0.3) is 0 Å². The largest absolute Gasteiger partial charge is 0.354 e. The van der Waals surface area contributed by atoms with E-state index in [1.807, 2.05) is 30.3 Å². The molecule has 2 heterocycles. The zero-order valence-corrected chi connectivity index (χ0v) is 13.5. The van der Waals surface area contributed by atoms with E-state index in [2.05, 4.69) is 32.1 Å². The number of aromatic nitrogens is 2. The summed E-state index contributed by atoms with van der Waals surface area (Å²) >= 11 is 0. The fourth-order valence-corrected chi connectivity index (χ4v) is 2.59. The third-order valence-electron chi connectivity index (χ3n) is 4.02. The van der Waals surface area contributed by atoms with Crippen LogP contribution in [0.2, 0.25) is 0 Å². The second-order valence-corrected chi connectivity index (χ2v) is 5.81. The van der Waals surface area contributed by atoms with Crippen LogP contribution in [-0.2, 0) is 0 Å². The van der Waals surface area contributed by atoms with Gasteiger partial charge >= 0.3 is 0 Å². The fourth-order valence-electron chi connectivity index (χ4n) is 2.59. The van der Waals surface area contributed by atoms with Gasteiger partial charge in [0.25, 0.3) is 0 Å². The monoisotopic (exact) mass is 311 g/mol. The number of hydrogen-bond donors (Lipinski definition) is 1. The Morgan fingerprint density at radius 3 is 2.65 bits per heavy atom. The predicted octanol–water partition coefficient (Wildman–Crippen LogP) is 2.17. The van der Waals surface area contributed by atoms with Gasteiger partial charge in [0.1, 0.15) is 18.0 Å². The minimum Gasteiger partial charge on any atom is -0.354 e. The summed E-state index contributed by atoms with van der Waals surface area (Å²) < 4.78 is 0. The maximum atomic E-state index is 11.5. The zero-order chi connectivity index (χ0) is 16.2. The van der Waals surface area contributed by atoms with Crippen molar-refractivity contribution in [3.05, 3.63) is 42.2 Å². The summed E-state index contributed by atoms with van der Waals surface area (Å²) in [5.41, 5.74) is 1.53. The number of nitrogens with one attached hydrogen (secondary N) is 1. The van der Waals surface area contributed by atoms with E-state index in [0.29, 0.717) is 5.56 Å². The molecule has 1 aliphatic rings. The predicted molar refractivity (Wildman–Crippen MR) is 91.5 cm³/mol. The van der Waals surface area contributed by atoms with Crippen molar-refractivity contribution in [1.29, 1.82) is 0 Å². The summed E-state index contributed by atoms with van der Waals surface area (Å²) in [7, 11) is 2.13. The van der Waals surface area contributed by atoms with Crippen molar-refractivity contribution in [3.8, 4) is 0 Å². The van der Waals surface area contributed by atoms with Gasteiger partial charge in [-0.25, -0.2) is 9.97 Å². The molecule has 0 amide bonds. The molecule has 0 bridgehead atoms. The number of Topliss-reactive ketones (excluding diaryl/α,β-unsaturated/α-hetero) is 1. The highest BCUT2D eigenvalue weighted by molar-refractivity contribution is 5.95. The lowest BCUT2D eigenvalue weighted by molar-refractivity contribution is 0.101. The molecule has 1 saturated heterocycles. The first-order chi connectivity index (χ1) is 11.1. The van der Waals surface area contributed by atoms with Crippen molar-refractivity contribution >= 4 is 23.1 Å². The van der Waals surface area contributed by atoms with Crippen LogP contribution < -0.4 is 10.2 Å². The van der Waals surface area contributed by atoms with Gasteiger partial charge in [-0.2, -0.15) is 0 Å². The number of rotatable bonds is 4. The number of nitrogens with zero attached hydrogens (tertiary/aromatic N) is 4. The average molecular weight is 311 g/mol. The smallest absolute Gasteiger partial charge is 0.159 e. The SMILES string of the molecule is CC(=O)c1cccc(Nc2cc(N3CCN(C)CC3)ncn2)c1. The standard InChI is InChI=1S/C17H21N5O/c1-13(23)14-4-3-5-15(10-14)20-16-11-17(19-12-18-16)22-8-6-21(2)7-9-22/h3-5,10-12H,6-9H2,1-2H3,(H,18,19,20). The molecule has 6 heteroatoms. The molecule has 1 aliphatic heterocycles. The van der Waals surface area contributed by atoms with E-state index in [1.54, 1.807) is 13.3 Å². The highest BCUT2D eigenvalue weighted by atomic mass is 16.1. The lowest BCUT2D eigenvalue weighted by Gasteiger charge is -2.33. The second kappa shape index (κ2) is 6.75. The van der Waals surface area contributed by atoms with Gasteiger partial charge in [-0.1, -0.05) is 12.1 Å². The minimum absolute atomic E-state index is 0.0504. The summed E-state index contributed by atoms with van der Waals surface area (Å²) in [5.74, 6) is 1.71. The number of carbonyl (C=O) groups excluding carboxylic acids is 1. The van der Waals surface area contributed by atoms with E-state index < -0.39 is 0 Å². The summed E-state index contributed by atoms with van der Waals surface area (Å²) in [4.78, 5) is 24.7. The van der Waals surface area contributed by atoms with Crippen LogP contribution in [0.4, 0.5) is 17.3 Å². The van der Waals surface area contributed by atoms with Crippen LogP contribution in [0.5, 0.6) is 0 Å². The highest BCUT2D eigenvalue weighted by Crippen LogP contribution is 2.20. The first kappa shape index (κ1) is 15.4. The molecular formula is C17H21N5O. The average Bonchev–Trinajstić information content (AvgIpc) is 2.56. The zero-order valence-electron chi connectivity index (χ0n) is 13.5. The first-order valence-electron chi connectivity index (χ1n) is 7.75. The number of anilines is 3. The maximum absolute atomic E-state index is 11.5. The normalized spacial score (nSPS) is 15.5. The summed E-state index contributed by atoms with van der Waals surface area (Å²) in [6, 6.07) is 9.38. The molecule has 6 nitrogen and oxygen atoms in total. The van der Waals surface area contributed by atoms with E-state index in [4.69, 9.17) is 0 Å². The van der Waals surface area contributed by atoms with Gasteiger partial charge < -0.3 is 15.1 Å². The number of benzene rings is 1. The van der Waals surface area contributed by atoms with Gasteiger partial charge in [-0.05, 0) is 26.1 Å². The molecule has 0 radical (unpaired) electrons. The Balaban J connectivity index is 1.75. The van der Waals surface area contributed by atoms with Crippen molar-refractivity contribution < 1.29 is 4.79 Å². The van der Waals surface area contributed by atoms with E-state index in [0.717, 1.165) is 43.5 Å². The van der Waals surface area contributed by atoms with Crippen LogP contribution in [0.1, 0.15) is 17.3 Å². The molecule has 1 N–H and O–H groups in total. The van der Waals surface area contributed by atoms with Crippen molar-refractivity contribution in [1.82, 2.24) is 14.9 Å². The molecular weight excluding hydrogens is 290 g/mol. The molecule has 23 heavy (non-hydrogen) atoms. The number of hydrogen-bond acceptors (Lipinski definition) is 6. The lowest BCUT2D eigenvalue weighted by Crippen LogP contribution is -2.44. The van der Waals surface area contributed by atoms with Gasteiger partial charge in [0.15, 0.2) is 5.78 Å². The van der Waals surface area contributed by atoms with E-state index in [-0.39, 0.29) is 5.78 Å². The number of piperazine rings is 1.